The molecule has 0 spiro atoms. The number of aromatic nitrogens is 2. The first kappa shape index (κ1) is 37.7. The zero-order valence-corrected chi connectivity index (χ0v) is 35.8. The van der Waals surface area contributed by atoms with Crippen LogP contribution in [0.25, 0.3) is 0 Å². The van der Waals surface area contributed by atoms with Gasteiger partial charge in [-0.15, -0.1) is 22.7 Å². The predicted molar refractivity (Wildman–Crippen MR) is 222 cm³/mol. The molecule has 5 nitrogen and oxygen atoms in total. The Balaban J connectivity index is 0.000000141. The third-order valence-corrected chi connectivity index (χ3v) is 21.2. The van der Waals surface area contributed by atoms with E-state index in [1.165, 1.54) is 114 Å². The van der Waals surface area contributed by atoms with Crippen molar-refractivity contribution in [2.45, 2.75) is 168 Å². The van der Waals surface area contributed by atoms with Crippen LogP contribution < -0.4 is 10.6 Å². The molecule has 2 aromatic heterocycles. The molecular formula is C45H69ClN4OS2. The maximum Gasteiger partial charge on any atom is 0.197 e. The number of nitrogens with zero attached hydrogens (tertiary/aromatic N) is 2. The average molecular weight is 782 g/mol. The van der Waals surface area contributed by atoms with E-state index >= 15 is 0 Å². The summed E-state index contributed by atoms with van der Waals surface area (Å²) in [4.78, 5) is 12.2. The molecule has 0 amide bonds. The molecule has 8 aliphatic rings. The summed E-state index contributed by atoms with van der Waals surface area (Å²) < 4.78 is 0. The number of fused-ring (bicyclic) bond motifs is 10. The third kappa shape index (κ3) is 6.02. The van der Waals surface area contributed by atoms with Crippen molar-refractivity contribution in [3.05, 3.63) is 22.1 Å². The first-order valence-electron chi connectivity index (χ1n) is 22.1. The molecule has 2 heterocycles. The molecule has 4 N–H and O–H groups in total. The molecule has 0 bridgehead atoms. The molecule has 10 rings (SSSR count). The highest BCUT2D eigenvalue weighted by atomic mass is 35.5. The monoisotopic (exact) mass is 780 g/mol. The van der Waals surface area contributed by atoms with E-state index in [1.54, 1.807) is 22.7 Å². The number of anilines is 2. The summed E-state index contributed by atoms with van der Waals surface area (Å²) >= 11 is 9.05. The minimum Gasteiger partial charge on any atom is -0.393 e. The second kappa shape index (κ2) is 13.9. The standard InChI is InChI=1S/C23H36N2S.C22H33ClN2OS/c1-14-8-10-22(2)15(12-14)4-5-16-17-6-7-19(20-13-26-21(24)25-20)23(17,3)11-9-18(16)22;1-21-9-7-14(26)11-13(21)3-4-15-16-5-6-18(19-12-27-20(24-19)25-23)22(16,2)10-8-17(15)21/h13-19H,4-12H2,1-3H3,(H2,24,25);12-18,26H,3-11H2,1-2H3,(H,24,25)/t14-,15-,16-,17-,18-,19+,22-,23-;13-,14-,15-,16-,17-,18+,21-,22-/m00/s1. The number of aliphatic hydroxyl groups is 1. The van der Waals surface area contributed by atoms with Crippen LogP contribution in [0, 0.1) is 74.9 Å². The number of hydrogen-bond acceptors (Lipinski definition) is 7. The van der Waals surface area contributed by atoms with Gasteiger partial charge in [0.15, 0.2) is 10.3 Å². The van der Waals surface area contributed by atoms with Crippen LogP contribution in [0.15, 0.2) is 10.8 Å². The molecular weight excluding hydrogens is 712 g/mol. The van der Waals surface area contributed by atoms with Gasteiger partial charge in [0.1, 0.15) is 0 Å². The van der Waals surface area contributed by atoms with E-state index in [4.69, 9.17) is 27.5 Å². The summed E-state index contributed by atoms with van der Waals surface area (Å²) in [5.74, 6) is 9.46. The lowest BCUT2D eigenvalue weighted by Gasteiger charge is -2.61. The van der Waals surface area contributed by atoms with Crippen LogP contribution in [0.3, 0.4) is 0 Å². The van der Waals surface area contributed by atoms with Gasteiger partial charge in [0.25, 0.3) is 0 Å². The first-order valence-corrected chi connectivity index (χ1v) is 24.2. The molecule has 0 saturated heterocycles. The highest BCUT2D eigenvalue weighted by molar-refractivity contribution is 7.14. The van der Waals surface area contributed by atoms with Crippen LogP contribution in [0.4, 0.5) is 10.3 Å². The Morgan fingerprint density at radius 3 is 1.70 bits per heavy atom. The number of rotatable bonds is 3. The molecule has 0 radical (unpaired) electrons. The largest absolute Gasteiger partial charge is 0.393 e. The second-order valence-electron chi connectivity index (χ2n) is 21.3. The number of hydrogen-bond donors (Lipinski definition) is 3. The zero-order valence-electron chi connectivity index (χ0n) is 33.4. The predicted octanol–water partition coefficient (Wildman–Crippen LogP) is 12.7. The summed E-state index contributed by atoms with van der Waals surface area (Å²) in [7, 11) is 0. The Bertz CT molecular complexity index is 1630. The molecule has 8 aliphatic carbocycles. The smallest absolute Gasteiger partial charge is 0.197 e. The molecule has 16 atom stereocenters. The number of thiazole rings is 2. The molecule has 8 heteroatoms. The highest BCUT2D eigenvalue weighted by Crippen LogP contribution is 2.71. The van der Waals surface area contributed by atoms with E-state index in [0.717, 1.165) is 76.4 Å². The lowest BCUT2D eigenvalue weighted by Crippen LogP contribution is -2.53. The van der Waals surface area contributed by atoms with Gasteiger partial charge < -0.3 is 10.8 Å². The lowest BCUT2D eigenvalue weighted by molar-refractivity contribution is -0.123. The van der Waals surface area contributed by atoms with Crippen molar-refractivity contribution in [3.63, 3.8) is 0 Å². The highest BCUT2D eigenvalue weighted by Gasteiger charge is 2.62. The van der Waals surface area contributed by atoms with E-state index in [2.05, 4.69) is 50.2 Å². The third-order valence-electron chi connectivity index (χ3n) is 19.4. The molecule has 8 saturated carbocycles. The summed E-state index contributed by atoms with van der Waals surface area (Å²) in [6.07, 6.45) is 24.5. The fourth-order valence-electron chi connectivity index (χ4n) is 16.6. The Kier molecular flexibility index (Phi) is 9.88. The molecule has 2 aromatic rings. The van der Waals surface area contributed by atoms with Crippen molar-refractivity contribution >= 4 is 44.7 Å². The minimum absolute atomic E-state index is 0.0428. The summed E-state index contributed by atoms with van der Waals surface area (Å²) in [6.45, 7) is 12.9. The van der Waals surface area contributed by atoms with Crippen molar-refractivity contribution in [1.82, 2.24) is 9.97 Å². The van der Waals surface area contributed by atoms with Crippen molar-refractivity contribution in [2.75, 3.05) is 10.6 Å². The van der Waals surface area contributed by atoms with Crippen molar-refractivity contribution in [3.8, 4) is 0 Å². The second-order valence-corrected chi connectivity index (χ2v) is 23.2. The van der Waals surface area contributed by atoms with Crippen LogP contribution in [-0.4, -0.2) is 21.2 Å². The molecule has 294 valence electrons. The van der Waals surface area contributed by atoms with Crippen molar-refractivity contribution < 1.29 is 5.11 Å². The topological polar surface area (TPSA) is 84.1 Å². The fraction of sp³-hybridized carbons (Fsp3) is 0.867. The zero-order chi connectivity index (χ0) is 36.9. The SMILES string of the molecule is C[C@H]1CC[C@@]2(C)[C@@H](CC[C@@H]3[C@@H]2CC[C@]2(C)[C@@H](c4csc(N)n4)CC[C@@H]32)C1.C[C@]12CC[C@H](O)C[C@@H]1CC[C@@H]1[C@@H]2CC[C@]2(C)[C@@H](c3csc(NCl)n3)CC[C@@H]12. The molecule has 53 heavy (non-hydrogen) atoms. The van der Waals surface area contributed by atoms with Gasteiger partial charge in [-0.2, -0.15) is 0 Å². The van der Waals surface area contributed by atoms with Gasteiger partial charge in [0, 0.05) is 34.4 Å². The summed E-state index contributed by atoms with van der Waals surface area (Å²) in [5, 5.41) is 16.3. The van der Waals surface area contributed by atoms with Crippen LogP contribution >= 0.6 is 34.5 Å². The van der Waals surface area contributed by atoms with Gasteiger partial charge in [-0.05, 0) is 184 Å². The lowest BCUT2D eigenvalue weighted by atomic mass is 9.44. The average Bonchev–Trinajstić information content (AvgIpc) is 3.93. The molecule has 0 aromatic carbocycles. The van der Waals surface area contributed by atoms with Gasteiger partial charge in [-0.1, -0.05) is 41.0 Å². The Labute approximate surface area is 333 Å². The van der Waals surface area contributed by atoms with E-state index < -0.39 is 0 Å². The van der Waals surface area contributed by atoms with Crippen molar-refractivity contribution in [2.24, 2.45) is 74.9 Å². The molecule has 0 unspecified atom stereocenters. The Hall–Kier alpha value is -0.890. The van der Waals surface area contributed by atoms with Gasteiger partial charge in [-0.3, -0.25) is 4.84 Å². The Morgan fingerprint density at radius 1 is 0.642 bits per heavy atom. The molecule has 8 fully saturated rings. The summed E-state index contributed by atoms with van der Waals surface area (Å²) in [6, 6.07) is 0. The van der Waals surface area contributed by atoms with E-state index in [9.17, 15) is 5.11 Å². The molecule has 0 aliphatic heterocycles. The first-order chi connectivity index (χ1) is 25.4. The van der Waals surface area contributed by atoms with Crippen molar-refractivity contribution in [1.29, 1.82) is 0 Å². The number of nitrogen functional groups attached to an aromatic ring is 1. The Morgan fingerprint density at radius 2 is 1.15 bits per heavy atom. The van der Waals surface area contributed by atoms with Crippen LogP contribution in [0.5, 0.6) is 0 Å². The maximum absolute atomic E-state index is 10.2. The van der Waals surface area contributed by atoms with E-state index in [-0.39, 0.29) is 6.10 Å². The maximum atomic E-state index is 10.2. The van der Waals surface area contributed by atoms with Crippen LogP contribution in [0.1, 0.15) is 173 Å². The van der Waals surface area contributed by atoms with Gasteiger partial charge in [0.05, 0.1) is 17.5 Å². The van der Waals surface area contributed by atoms with Gasteiger partial charge in [0.2, 0.25) is 0 Å². The van der Waals surface area contributed by atoms with Crippen LogP contribution in [0.2, 0.25) is 0 Å². The van der Waals surface area contributed by atoms with Gasteiger partial charge >= 0.3 is 0 Å². The quantitative estimate of drug-likeness (QED) is 0.270. The summed E-state index contributed by atoms with van der Waals surface area (Å²) in [5.41, 5.74) is 10.5. The van der Waals surface area contributed by atoms with E-state index in [0.29, 0.717) is 33.5 Å². The number of halogens is 1. The van der Waals surface area contributed by atoms with E-state index in [1.807, 2.05) is 0 Å². The minimum atomic E-state index is -0.0428. The number of aliphatic hydroxyl groups excluding tert-OH is 1. The number of nitrogens with one attached hydrogen (secondary N) is 1. The number of nitrogens with two attached hydrogens (primary N) is 1. The fourth-order valence-corrected chi connectivity index (χ4v) is 18.1. The normalized spacial score (nSPS) is 49.9. The van der Waals surface area contributed by atoms with Crippen LogP contribution in [-0.2, 0) is 0 Å². The van der Waals surface area contributed by atoms with Gasteiger partial charge in [-0.25, -0.2) is 9.97 Å².